The van der Waals surface area contributed by atoms with Crippen LogP contribution in [0.2, 0.25) is 0 Å². The van der Waals surface area contributed by atoms with Gasteiger partial charge in [-0.1, -0.05) is 25.0 Å². The van der Waals surface area contributed by atoms with E-state index >= 15 is 0 Å². The minimum absolute atomic E-state index is 0.379. The summed E-state index contributed by atoms with van der Waals surface area (Å²) in [4.78, 5) is 0. The third-order valence-electron chi connectivity index (χ3n) is 1.69. The monoisotopic (exact) mass is 148 g/mol. The molecule has 0 heterocycles. The van der Waals surface area contributed by atoms with Gasteiger partial charge in [-0.05, 0) is 12.5 Å². The first-order chi connectivity index (χ1) is 5.34. The second-order valence-corrected chi connectivity index (χ2v) is 2.63. The van der Waals surface area contributed by atoms with Gasteiger partial charge in [0, 0.05) is 5.92 Å². The maximum atomic E-state index is 5.32. The van der Waals surface area contributed by atoms with Gasteiger partial charge in [-0.25, -0.2) is 0 Å². The minimum atomic E-state index is 0.379. The first-order valence-corrected chi connectivity index (χ1v) is 3.77. The minimum Gasteiger partial charge on any atom is -0.485 e. The Labute approximate surface area is 67.8 Å². The van der Waals surface area contributed by atoms with E-state index in [9.17, 15) is 0 Å². The Morgan fingerprint density at radius 3 is 3.27 bits per heavy atom. The molecule has 0 saturated heterocycles. The lowest BCUT2D eigenvalue weighted by atomic mass is 10.0. The van der Waals surface area contributed by atoms with E-state index in [1.54, 1.807) is 0 Å². The standard InChI is InChI=1S/C10H12O/c1-3-8-11-10-7-5-4-6-9(10)2/h1,4-5,7,9H,6,8H2,2H3/t9-/m0/s1. The smallest absolute Gasteiger partial charge is 0.148 e. The fourth-order valence-electron chi connectivity index (χ4n) is 1.04. The molecular weight excluding hydrogens is 136 g/mol. The molecule has 0 aliphatic heterocycles. The molecule has 58 valence electrons. The molecule has 1 aliphatic rings. The van der Waals surface area contributed by atoms with Crippen molar-refractivity contribution in [3.8, 4) is 12.3 Å². The summed E-state index contributed by atoms with van der Waals surface area (Å²) in [5, 5.41) is 0. The van der Waals surface area contributed by atoms with Crippen molar-refractivity contribution in [3.05, 3.63) is 24.0 Å². The van der Waals surface area contributed by atoms with Gasteiger partial charge in [0.15, 0.2) is 0 Å². The van der Waals surface area contributed by atoms with Crippen molar-refractivity contribution in [3.63, 3.8) is 0 Å². The molecule has 0 aromatic rings. The molecule has 0 aromatic heterocycles. The van der Waals surface area contributed by atoms with Crippen LogP contribution in [0.25, 0.3) is 0 Å². The molecule has 0 amide bonds. The van der Waals surface area contributed by atoms with Crippen molar-refractivity contribution in [2.45, 2.75) is 13.3 Å². The molecule has 0 radical (unpaired) electrons. The van der Waals surface area contributed by atoms with E-state index in [1.165, 1.54) is 0 Å². The molecule has 0 bridgehead atoms. The molecule has 1 nitrogen and oxygen atoms in total. The largest absolute Gasteiger partial charge is 0.485 e. The van der Waals surface area contributed by atoms with Crippen molar-refractivity contribution in [1.82, 2.24) is 0 Å². The van der Waals surface area contributed by atoms with Crippen molar-refractivity contribution >= 4 is 0 Å². The van der Waals surface area contributed by atoms with Gasteiger partial charge in [-0.15, -0.1) is 6.42 Å². The number of hydrogen-bond donors (Lipinski definition) is 0. The van der Waals surface area contributed by atoms with Crippen LogP contribution >= 0.6 is 0 Å². The number of allylic oxidation sites excluding steroid dienone is 4. The predicted molar refractivity (Wildman–Crippen MR) is 45.8 cm³/mol. The van der Waals surface area contributed by atoms with Crippen LogP contribution in [0.3, 0.4) is 0 Å². The molecule has 1 rings (SSSR count). The highest BCUT2D eigenvalue weighted by molar-refractivity contribution is 5.16. The van der Waals surface area contributed by atoms with Gasteiger partial charge in [-0.2, -0.15) is 0 Å². The molecule has 0 unspecified atom stereocenters. The lowest BCUT2D eigenvalue weighted by Crippen LogP contribution is -2.05. The van der Waals surface area contributed by atoms with E-state index in [0.29, 0.717) is 12.5 Å². The normalized spacial score (nSPS) is 22.2. The highest BCUT2D eigenvalue weighted by Gasteiger charge is 2.09. The molecule has 1 atom stereocenters. The van der Waals surface area contributed by atoms with E-state index in [0.717, 1.165) is 12.2 Å². The summed E-state index contributed by atoms with van der Waals surface area (Å²) in [6, 6.07) is 0. The summed E-state index contributed by atoms with van der Waals surface area (Å²) in [7, 11) is 0. The summed E-state index contributed by atoms with van der Waals surface area (Å²) < 4.78 is 5.32. The fraction of sp³-hybridized carbons (Fsp3) is 0.400. The Bertz CT molecular complexity index is 218. The highest BCUT2D eigenvalue weighted by atomic mass is 16.5. The Morgan fingerprint density at radius 1 is 1.82 bits per heavy atom. The average Bonchev–Trinajstić information content (AvgIpc) is 2.03. The number of terminal acetylenes is 1. The quantitative estimate of drug-likeness (QED) is 0.545. The van der Waals surface area contributed by atoms with Crippen molar-refractivity contribution in [1.29, 1.82) is 0 Å². The van der Waals surface area contributed by atoms with E-state index in [1.807, 2.05) is 12.2 Å². The molecule has 11 heavy (non-hydrogen) atoms. The van der Waals surface area contributed by atoms with Crippen LogP contribution in [0.5, 0.6) is 0 Å². The van der Waals surface area contributed by atoms with Crippen LogP contribution in [-0.2, 0) is 4.74 Å². The average molecular weight is 148 g/mol. The number of rotatable bonds is 2. The lowest BCUT2D eigenvalue weighted by Gasteiger charge is -2.16. The zero-order valence-corrected chi connectivity index (χ0v) is 6.71. The van der Waals surface area contributed by atoms with Crippen LogP contribution in [-0.4, -0.2) is 6.61 Å². The van der Waals surface area contributed by atoms with E-state index in [4.69, 9.17) is 11.2 Å². The second-order valence-electron chi connectivity index (χ2n) is 2.63. The second kappa shape index (κ2) is 3.88. The zero-order valence-electron chi connectivity index (χ0n) is 6.71. The van der Waals surface area contributed by atoms with Gasteiger partial charge >= 0.3 is 0 Å². The third kappa shape index (κ3) is 2.16. The van der Waals surface area contributed by atoms with Gasteiger partial charge in [-0.3, -0.25) is 0 Å². The van der Waals surface area contributed by atoms with E-state index in [2.05, 4.69) is 18.9 Å². The first kappa shape index (κ1) is 7.94. The molecule has 0 spiro atoms. The van der Waals surface area contributed by atoms with Crippen LogP contribution in [0.15, 0.2) is 24.0 Å². The Kier molecular flexibility index (Phi) is 2.80. The van der Waals surface area contributed by atoms with E-state index < -0.39 is 0 Å². The van der Waals surface area contributed by atoms with Gasteiger partial charge in [0.2, 0.25) is 0 Å². The predicted octanol–water partition coefficient (Wildman–Crippen LogP) is 2.12. The summed E-state index contributed by atoms with van der Waals surface area (Å²) in [5.74, 6) is 3.93. The first-order valence-electron chi connectivity index (χ1n) is 3.77. The van der Waals surface area contributed by atoms with Crippen molar-refractivity contribution in [2.24, 2.45) is 5.92 Å². The maximum Gasteiger partial charge on any atom is 0.148 e. The number of hydrogen-bond acceptors (Lipinski definition) is 1. The fourth-order valence-corrected chi connectivity index (χ4v) is 1.04. The van der Waals surface area contributed by atoms with Crippen LogP contribution in [0, 0.1) is 18.3 Å². The van der Waals surface area contributed by atoms with Crippen LogP contribution in [0.4, 0.5) is 0 Å². The number of ether oxygens (including phenoxy) is 1. The van der Waals surface area contributed by atoms with Gasteiger partial charge in [0.1, 0.15) is 12.4 Å². The van der Waals surface area contributed by atoms with Gasteiger partial charge < -0.3 is 4.74 Å². The lowest BCUT2D eigenvalue weighted by molar-refractivity contribution is 0.215. The molecule has 1 heteroatoms. The Morgan fingerprint density at radius 2 is 2.64 bits per heavy atom. The zero-order chi connectivity index (χ0) is 8.10. The molecule has 0 aromatic carbocycles. The van der Waals surface area contributed by atoms with Gasteiger partial charge in [0.25, 0.3) is 0 Å². The summed E-state index contributed by atoms with van der Waals surface area (Å²) in [6.45, 7) is 2.51. The van der Waals surface area contributed by atoms with E-state index in [-0.39, 0.29) is 0 Å². The third-order valence-corrected chi connectivity index (χ3v) is 1.69. The highest BCUT2D eigenvalue weighted by Crippen LogP contribution is 2.20. The molecule has 1 aliphatic carbocycles. The molecular formula is C10H12O. The van der Waals surface area contributed by atoms with Gasteiger partial charge in [0.05, 0.1) is 0 Å². The summed E-state index contributed by atoms with van der Waals surface area (Å²) in [6.07, 6.45) is 12.2. The molecule has 0 saturated carbocycles. The van der Waals surface area contributed by atoms with Crippen LogP contribution in [0.1, 0.15) is 13.3 Å². The SMILES string of the molecule is C#CCOC1=CC=CC[C@@H]1C. The summed E-state index contributed by atoms with van der Waals surface area (Å²) >= 11 is 0. The Hall–Kier alpha value is -1.16. The van der Waals surface area contributed by atoms with Crippen molar-refractivity contribution in [2.75, 3.05) is 6.61 Å². The Balaban J connectivity index is 2.48. The maximum absolute atomic E-state index is 5.32. The molecule has 0 N–H and O–H groups in total. The summed E-state index contributed by atoms with van der Waals surface area (Å²) in [5.41, 5.74) is 0. The van der Waals surface area contributed by atoms with Crippen molar-refractivity contribution < 1.29 is 4.74 Å². The van der Waals surface area contributed by atoms with Crippen LogP contribution < -0.4 is 0 Å². The topological polar surface area (TPSA) is 9.23 Å². The molecule has 0 fully saturated rings.